The summed E-state index contributed by atoms with van der Waals surface area (Å²) in [4.78, 5) is 18.8. The number of allylic oxidation sites excluding steroid dienone is 2. The molecule has 3 heterocycles. The maximum absolute atomic E-state index is 14.3. The fraction of sp³-hybridized carbons (Fsp3) is 0.476. The Labute approximate surface area is 168 Å². The Morgan fingerprint density at radius 2 is 1.93 bits per heavy atom. The van der Waals surface area contributed by atoms with Gasteiger partial charge in [-0.15, -0.1) is 0 Å². The lowest BCUT2D eigenvalue weighted by molar-refractivity contribution is -0.0490. The fourth-order valence-electron chi connectivity index (χ4n) is 4.15. The fourth-order valence-corrected chi connectivity index (χ4v) is 4.15. The summed E-state index contributed by atoms with van der Waals surface area (Å²) in [6.07, 6.45) is 4.00. The zero-order chi connectivity index (χ0) is 20.8. The number of benzene rings is 1. The predicted molar refractivity (Wildman–Crippen MR) is 106 cm³/mol. The molecule has 4 rings (SSSR count). The second kappa shape index (κ2) is 7.24. The minimum atomic E-state index is -0.544. The molecule has 0 radical (unpaired) electrons. The minimum absolute atomic E-state index is 0.226. The number of ether oxygens (including phenoxy) is 1. The van der Waals surface area contributed by atoms with Crippen molar-refractivity contribution in [2.24, 2.45) is 21.9 Å². The molecule has 3 atom stereocenters. The molecule has 1 fully saturated rings. The summed E-state index contributed by atoms with van der Waals surface area (Å²) in [5.41, 5.74) is -0.153. The molecule has 0 N–H and O–H groups in total. The van der Waals surface area contributed by atoms with Crippen molar-refractivity contribution in [3.63, 3.8) is 0 Å². The van der Waals surface area contributed by atoms with Gasteiger partial charge in [-0.1, -0.05) is 6.92 Å². The molecule has 0 aromatic heterocycles. The number of hydrazone groups is 1. The van der Waals surface area contributed by atoms with Crippen molar-refractivity contribution in [3.8, 4) is 5.75 Å². The first-order chi connectivity index (χ1) is 13.8. The number of hydrogen-bond acceptors (Lipinski definition) is 4. The van der Waals surface area contributed by atoms with Gasteiger partial charge in [-0.3, -0.25) is 4.99 Å². The van der Waals surface area contributed by atoms with E-state index in [2.05, 4.69) is 10.1 Å². The van der Waals surface area contributed by atoms with Crippen molar-refractivity contribution in [2.75, 3.05) is 13.1 Å². The van der Waals surface area contributed by atoms with Gasteiger partial charge in [0.05, 0.1) is 24.8 Å². The third kappa shape index (κ3) is 3.63. The smallest absolute Gasteiger partial charge is 0.340 e. The highest BCUT2D eigenvalue weighted by Crippen LogP contribution is 2.36. The van der Waals surface area contributed by atoms with E-state index in [1.54, 1.807) is 36.4 Å². The van der Waals surface area contributed by atoms with Gasteiger partial charge in [0.1, 0.15) is 23.0 Å². The van der Waals surface area contributed by atoms with Crippen molar-refractivity contribution in [2.45, 2.75) is 38.8 Å². The quantitative estimate of drug-likeness (QED) is 0.767. The molecular weight excluding hydrogens is 378 g/mol. The van der Waals surface area contributed by atoms with E-state index in [4.69, 9.17) is 4.74 Å². The molecule has 2 amide bonds. The summed E-state index contributed by atoms with van der Waals surface area (Å²) in [5, 5.41) is 5.69. The first kappa shape index (κ1) is 19.5. The predicted octanol–water partition coefficient (Wildman–Crippen LogP) is 4.00. The molecule has 29 heavy (non-hydrogen) atoms. The lowest BCUT2D eigenvalue weighted by Crippen LogP contribution is -2.67. The zero-order valence-electron chi connectivity index (χ0n) is 16.7. The number of carbonyl (C=O) groups is 1. The van der Waals surface area contributed by atoms with Crippen molar-refractivity contribution < 1.29 is 18.3 Å². The maximum atomic E-state index is 14.3. The zero-order valence-corrected chi connectivity index (χ0v) is 16.7. The van der Waals surface area contributed by atoms with E-state index in [0.717, 1.165) is 0 Å². The molecule has 2 unspecified atom stereocenters. The average molecular weight is 402 g/mol. The number of nitrogens with zero attached hydrogens (tertiary/aromatic N) is 4. The molecule has 0 bridgehead atoms. The van der Waals surface area contributed by atoms with Gasteiger partial charge in [-0.25, -0.2) is 18.6 Å². The van der Waals surface area contributed by atoms with Crippen LogP contribution in [0.4, 0.5) is 13.6 Å². The van der Waals surface area contributed by atoms with Gasteiger partial charge in [0, 0.05) is 30.7 Å². The third-order valence-corrected chi connectivity index (χ3v) is 5.77. The van der Waals surface area contributed by atoms with E-state index in [9.17, 15) is 13.6 Å². The Bertz CT molecular complexity index is 890. The Kier molecular flexibility index (Phi) is 4.88. The summed E-state index contributed by atoms with van der Waals surface area (Å²) in [7, 11) is 0. The normalized spacial score (nSPS) is 28.0. The van der Waals surface area contributed by atoms with Gasteiger partial charge < -0.3 is 9.64 Å². The van der Waals surface area contributed by atoms with Crippen LogP contribution in [0.1, 0.15) is 27.2 Å². The largest absolute Gasteiger partial charge is 0.484 e. The minimum Gasteiger partial charge on any atom is -0.484 e. The summed E-state index contributed by atoms with van der Waals surface area (Å²) in [6, 6.07) is 5.33. The van der Waals surface area contributed by atoms with Crippen LogP contribution in [0.5, 0.6) is 5.75 Å². The van der Waals surface area contributed by atoms with Gasteiger partial charge in [-0.05, 0) is 38.1 Å². The number of amides is 2. The average Bonchev–Trinajstić information content (AvgIpc) is 3.15. The SMILES string of the molecule is CC1=C(F)C(C)C([C@@H]2CC=NN2C(=O)N2CC(C)(Oc3ccc(F)cc3)C2)C=N1. The first-order valence-corrected chi connectivity index (χ1v) is 9.73. The summed E-state index contributed by atoms with van der Waals surface area (Å²) in [6.45, 7) is 6.15. The number of hydrogen-bond donors (Lipinski definition) is 0. The van der Waals surface area contributed by atoms with E-state index >= 15 is 0 Å². The molecule has 1 aromatic carbocycles. The third-order valence-electron chi connectivity index (χ3n) is 5.77. The standard InChI is InChI=1S/C21H24F2N4O2/c1-13-17(10-24-14(2)19(13)23)18-8-9-25-27(18)20(28)26-11-21(3,12-26)29-16-6-4-15(22)5-7-16/h4-7,9-10,13,17-18H,8,11-12H2,1-3H3/t13?,17?,18-/m0/s1. The second-order valence-corrected chi connectivity index (χ2v) is 8.17. The van der Waals surface area contributed by atoms with E-state index in [0.29, 0.717) is 31.0 Å². The summed E-state index contributed by atoms with van der Waals surface area (Å²) >= 11 is 0. The number of aliphatic imine (C=N–C) groups is 1. The summed E-state index contributed by atoms with van der Waals surface area (Å²) in [5.74, 6) is -0.581. The van der Waals surface area contributed by atoms with Crippen molar-refractivity contribution in [3.05, 3.63) is 41.6 Å². The molecule has 8 heteroatoms. The molecule has 0 saturated carbocycles. The monoisotopic (exact) mass is 402 g/mol. The molecule has 1 saturated heterocycles. The van der Waals surface area contributed by atoms with E-state index in [1.807, 2.05) is 13.8 Å². The number of halogens is 2. The highest BCUT2D eigenvalue weighted by Gasteiger charge is 2.48. The van der Waals surface area contributed by atoms with Crippen LogP contribution in [0.25, 0.3) is 0 Å². The Morgan fingerprint density at radius 3 is 2.62 bits per heavy atom. The number of urea groups is 1. The maximum Gasteiger partial charge on any atom is 0.340 e. The molecule has 0 spiro atoms. The van der Waals surface area contributed by atoms with Crippen LogP contribution in [-0.4, -0.2) is 53.1 Å². The van der Waals surface area contributed by atoms with Crippen molar-refractivity contribution in [1.82, 2.24) is 9.91 Å². The Balaban J connectivity index is 1.39. The highest BCUT2D eigenvalue weighted by atomic mass is 19.1. The van der Waals surface area contributed by atoms with Crippen LogP contribution in [0.3, 0.4) is 0 Å². The van der Waals surface area contributed by atoms with Crippen LogP contribution in [0.15, 0.2) is 45.9 Å². The molecule has 154 valence electrons. The van der Waals surface area contributed by atoms with Crippen molar-refractivity contribution >= 4 is 18.5 Å². The first-order valence-electron chi connectivity index (χ1n) is 9.73. The van der Waals surface area contributed by atoms with Gasteiger partial charge in [0.15, 0.2) is 0 Å². The number of rotatable bonds is 3. The highest BCUT2D eigenvalue weighted by molar-refractivity contribution is 5.80. The lowest BCUT2D eigenvalue weighted by atomic mass is 9.84. The van der Waals surface area contributed by atoms with E-state index < -0.39 is 5.60 Å². The lowest BCUT2D eigenvalue weighted by Gasteiger charge is -2.48. The van der Waals surface area contributed by atoms with Crippen molar-refractivity contribution in [1.29, 1.82) is 0 Å². The van der Waals surface area contributed by atoms with E-state index in [-0.39, 0.29) is 35.6 Å². The van der Waals surface area contributed by atoms with Crippen LogP contribution in [0.2, 0.25) is 0 Å². The van der Waals surface area contributed by atoms with Gasteiger partial charge in [0.25, 0.3) is 0 Å². The molecule has 1 aromatic rings. The topological polar surface area (TPSA) is 57.5 Å². The molecule has 3 aliphatic rings. The molecule has 0 aliphatic carbocycles. The van der Waals surface area contributed by atoms with E-state index in [1.165, 1.54) is 17.1 Å². The van der Waals surface area contributed by atoms with Crippen LogP contribution in [0, 0.1) is 17.7 Å². The molecule has 6 nitrogen and oxygen atoms in total. The van der Waals surface area contributed by atoms with Crippen LogP contribution >= 0.6 is 0 Å². The van der Waals surface area contributed by atoms with Gasteiger partial charge >= 0.3 is 6.03 Å². The Morgan fingerprint density at radius 1 is 1.24 bits per heavy atom. The second-order valence-electron chi connectivity index (χ2n) is 8.17. The number of carbonyl (C=O) groups excluding carboxylic acids is 1. The van der Waals surface area contributed by atoms with Crippen LogP contribution in [-0.2, 0) is 0 Å². The molecule has 3 aliphatic heterocycles. The molecular formula is C21H24F2N4O2. The number of likely N-dealkylation sites (tertiary alicyclic amines) is 1. The Hall–Kier alpha value is -2.77. The van der Waals surface area contributed by atoms with Gasteiger partial charge in [-0.2, -0.15) is 5.10 Å². The van der Waals surface area contributed by atoms with Crippen LogP contribution < -0.4 is 4.74 Å². The summed E-state index contributed by atoms with van der Waals surface area (Å²) < 4.78 is 33.3. The van der Waals surface area contributed by atoms with Gasteiger partial charge in [0.2, 0.25) is 0 Å².